The van der Waals surface area contributed by atoms with Crippen LogP contribution >= 0.6 is 11.8 Å². The fraction of sp³-hybridized carbons (Fsp3) is 0.462. The van der Waals surface area contributed by atoms with Gasteiger partial charge in [-0.1, -0.05) is 26.0 Å². The zero-order valence-electron chi connectivity index (χ0n) is 10.2. The van der Waals surface area contributed by atoms with E-state index in [2.05, 4.69) is 26.0 Å². The smallest absolute Gasteiger partial charge is 0.312 e. The third-order valence-electron chi connectivity index (χ3n) is 2.31. The van der Waals surface area contributed by atoms with Gasteiger partial charge in [-0.05, 0) is 24.6 Å². The van der Waals surface area contributed by atoms with Crippen molar-refractivity contribution in [3.05, 3.63) is 29.8 Å². The highest BCUT2D eigenvalue weighted by Gasteiger charge is 2.15. The predicted molar refractivity (Wildman–Crippen MR) is 67.9 cm³/mol. The average molecular weight is 238 g/mol. The molecule has 0 aromatic heterocycles. The maximum absolute atomic E-state index is 11.3. The minimum Gasteiger partial charge on any atom is -0.469 e. The van der Waals surface area contributed by atoms with Crippen molar-refractivity contribution in [1.82, 2.24) is 0 Å². The quantitative estimate of drug-likeness (QED) is 0.593. The van der Waals surface area contributed by atoms with E-state index >= 15 is 0 Å². The largest absolute Gasteiger partial charge is 0.469 e. The molecule has 0 saturated heterocycles. The van der Waals surface area contributed by atoms with Gasteiger partial charge in [-0.2, -0.15) is 0 Å². The van der Waals surface area contributed by atoms with Crippen LogP contribution < -0.4 is 0 Å². The highest BCUT2D eigenvalue weighted by molar-refractivity contribution is 7.99. The summed E-state index contributed by atoms with van der Waals surface area (Å²) in [4.78, 5) is 12.6. The Morgan fingerprint density at radius 3 is 2.19 bits per heavy atom. The predicted octanol–water partition coefficient (Wildman–Crippen LogP) is 3.46. The average Bonchev–Trinajstić information content (AvgIpc) is 2.27. The Morgan fingerprint density at radius 2 is 1.75 bits per heavy atom. The van der Waals surface area contributed by atoms with Gasteiger partial charge >= 0.3 is 5.97 Å². The lowest BCUT2D eigenvalue weighted by Gasteiger charge is -2.10. The SMILES string of the molecule is COC(=O)C(C)c1ccc(SC(C)C)cc1. The standard InChI is InChI=1S/C13H18O2S/c1-9(2)16-12-7-5-11(6-8-12)10(3)13(14)15-4/h5-10H,1-4H3. The summed E-state index contributed by atoms with van der Waals surface area (Å²) in [5.74, 6) is -0.382. The molecule has 0 spiro atoms. The second-order valence-corrected chi connectivity index (χ2v) is 5.63. The number of methoxy groups -OCH3 is 1. The highest BCUT2D eigenvalue weighted by atomic mass is 32.2. The number of carbonyl (C=O) groups excluding carboxylic acids is 1. The molecule has 0 fully saturated rings. The van der Waals surface area contributed by atoms with Crippen molar-refractivity contribution in [2.24, 2.45) is 0 Å². The Labute approximate surface area is 101 Å². The molecular formula is C13H18O2S. The molecule has 88 valence electrons. The summed E-state index contributed by atoms with van der Waals surface area (Å²) in [7, 11) is 1.42. The van der Waals surface area contributed by atoms with Crippen molar-refractivity contribution in [3.63, 3.8) is 0 Å². The molecule has 1 aromatic carbocycles. The van der Waals surface area contributed by atoms with E-state index in [0.29, 0.717) is 5.25 Å². The third kappa shape index (κ3) is 3.56. The van der Waals surface area contributed by atoms with E-state index in [4.69, 9.17) is 4.74 Å². The number of ether oxygens (including phenoxy) is 1. The topological polar surface area (TPSA) is 26.3 Å². The fourth-order valence-electron chi connectivity index (χ4n) is 1.42. The Bertz CT molecular complexity index is 343. The molecule has 1 aromatic rings. The molecule has 0 saturated carbocycles. The molecule has 3 heteroatoms. The van der Waals surface area contributed by atoms with Gasteiger partial charge in [0.1, 0.15) is 0 Å². The van der Waals surface area contributed by atoms with Gasteiger partial charge in [-0.15, -0.1) is 11.8 Å². The van der Waals surface area contributed by atoms with Crippen LogP contribution in [0, 0.1) is 0 Å². The molecule has 0 aliphatic rings. The second-order valence-electron chi connectivity index (χ2n) is 3.98. The van der Waals surface area contributed by atoms with Crippen LogP contribution in [0.25, 0.3) is 0 Å². The second kappa shape index (κ2) is 5.94. The van der Waals surface area contributed by atoms with E-state index in [9.17, 15) is 4.79 Å². The summed E-state index contributed by atoms with van der Waals surface area (Å²) in [6.07, 6.45) is 0. The summed E-state index contributed by atoms with van der Waals surface area (Å²) < 4.78 is 4.72. The zero-order valence-corrected chi connectivity index (χ0v) is 11.0. The minimum absolute atomic E-state index is 0.190. The zero-order chi connectivity index (χ0) is 12.1. The Morgan fingerprint density at radius 1 is 1.19 bits per heavy atom. The van der Waals surface area contributed by atoms with Crippen molar-refractivity contribution >= 4 is 17.7 Å². The van der Waals surface area contributed by atoms with Crippen LogP contribution in [-0.2, 0) is 9.53 Å². The van der Waals surface area contributed by atoms with Gasteiger partial charge in [0.05, 0.1) is 13.0 Å². The molecule has 0 amide bonds. The first-order valence-corrected chi connectivity index (χ1v) is 6.27. The van der Waals surface area contributed by atoms with Crippen LogP contribution in [0.5, 0.6) is 0 Å². The molecule has 0 aliphatic carbocycles. The number of esters is 1. The molecule has 0 heterocycles. The lowest BCUT2D eigenvalue weighted by atomic mass is 10.0. The molecule has 0 N–H and O–H groups in total. The summed E-state index contributed by atoms with van der Waals surface area (Å²) in [5.41, 5.74) is 1.000. The molecule has 1 rings (SSSR count). The maximum Gasteiger partial charge on any atom is 0.312 e. The molecule has 0 aliphatic heterocycles. The Hall–Kier alpha value is -0.960. The molecule has 0 bridgehead atoms. The summed E-state index contributed by atoms with van der Waals surface area (Å²) >= 11 is 1.82. The summed E-state index contributed by atoms with van der Waals surface area (Å²) in [5, 5.41) is 0.573. The van der Waals surface area contributed by atoms with Crippen LogP contribution in [0.1, 0.15) is 32.3 Å². The van der Waals surface area contributed by atoms with E-state index in [0.717, 1.165) is 5.56 Å². The number of hydrogen-bond donors (Lipinski definition) is 0. The van der Waals surface area contributed by atoms with Crippen molar-refractivity contribution in [2.75, 3.05) is 7.11 Å². The van der Waals surface area contributed by atoms with Gasteiger partial charge in [0.15, 0.2) is 0 Å². The van der Waals surface area contributed by atoms with Crippen molar-refractivity contribution in [2.45, 2.75) is 36.8 Å². The van der Waals surface area contributed by atoms with Crippen LogP contribution in [0.4, 0.5) is 0 Å². The number of rotatable bonds is 4. The monoisotopic (exact) mass is 238 g/mol. The van der Waals surface area contributed by atoms with Crippen LogP contribution in [0.2, 0.25) is 0 Å². The number of thioether (sulfide) groups is 1. The lowest BCUT2D eigenvalue weighted by molar-refractivity contribution is -0.141. The molecule has 16 heavy (non-hydrogen) atoms. The summed E-state index contributed by atoms with van der Waals surface area (Å²) in [6.45, 7) is 6.18. The van der Waals surface area contributed by atoms with Crippen LogP contribution in [0.3, 0.4) is 0 Å². The first-order valence-electron chi connectivity index (χ1n) is 5.39. The molecule has 2 nitrogen and oxygen atoms in total. The van der Waals surface area contributed by atoms with E-state index in [1.54, 1.807) is 0 Å². The maximum atomic E-state index is 11.3. The van der Waals surface area contributed by atoms with Crippen molar-refractivity contribution in [3.8, 4) is 0 Å². The van der Waals surface area contributed by atoms with E-state index in [1.807, 2.05) is 30.8 Å². The van der Waals surface area contributed by atoms with Gasteiger partial charge in [0.2, 0.25) is 0 Å². The normalized spacial score (nSPS) is 12.6. The van der Waals surface area contributed by atoms with Crippen molar-refractivity contribution in [1.29, 1.82) is 0 Å². The van der Waals surface area contributed by atoms with E-state index < -0.39 is 0 Å². The minimum atomic E-state index is -0.192. The van der Waals surface area contributed by atoms with E-state index in [-0.39, 0.29) is 11.9 Å². The Kier molecular flexibility index (Phi) is 4.87. The molecular weight excluding hydrogens is 220 g/mol. The molecule has 1 atom stereocenters. The van der Waals surface area contributed by atoms with Crippen molar-refractivity contribution < 1.29 is 9.53 Å². The van der Waals surface area contributed by atoms with E-state index in [1.165, 1.54) is 12.0 Å². The fourth-order valence-corrected chi connectivity index (χ4v) is 2.26. The third-order valence-corrected chi connectivity index (χ3v) is 3.32. The number of carbonyl (C=O) groups is 1. The van der Waals surface area contributed by atoms with Gasteiger partial charge in [-0.25, -0.2) is 0 Å². The first kappa shape index (κ1) is 13.1. The van der Waals surface area contributed by atoms with Crippen LogP contribution in [0.15, 0.2) is 29.2 Å². The summed E-state index contributed by atoms with van der Waals surface area (Å²) in [6, 6.07) is 8.09. The molecule has 1 unspecified atom stereocenters. The van der Waals surface area contributed by atoms with Gasteiger partial charge in [-0.3, -0.25) is 4.79 Å². The lowest BCUT2D eigenvalue weighted by Crippen LogP contribution is -2.10. The molecule has 0 radical (unpaired) electrons. The van der Waals surface area contributed by atoms with Crippen LogP contribution in [-0.4, -0.2) is 18.3 Å². The van der Waals surface area contributed by atoms with Gasteiger partial charge in [0.25, 0.3) is 0 Å². The Balaban J connectivity index is 2.74. The van der Waals surface area contributed by atoms with Gasteiger partial charge in [0, 0.05) is 10.1 Å². The number of benzene rings is 1. The first-order chi connectivity index (χ1) is 7.54. The highest BCUT2D eigenvalue weighted by Crippen LogP contribution is 2.25. The van der Waals surface area contributed by atoms with Gasteiger partial charge < -0.3 is 4.74 Å². The number of hydrogen-bond acceptors (Lipinski definition) is 3.